The molecule has 0 fully saturated rings. The van der Waals surface area contributed by atoms with Gasteiger partial charge in [0, 0.05) is 11.4 Å². The molecule has 1 atom stereocenters. The predicted molar refractivity (Wildman–Crippen MR) is 85.9 cm³/mol. The first-order chi connectivity index (χ1) is 10.1. The summed E-state index contributed by atoms with van der Waals surface area (Å²) in [6.07, 6.45) is 0.897. The minimum Gasteiger partial charge on any atom is -0.349 e. The van der Waals surface area contributed by atoms with Crippen LogP contribution in [-0.4, -0.2) is 16.9 Å². The van der Waals surface area contributed by atoms with E-state index in [1.54, 1.807) is 6.07 Å². The normalized spacial score (nSPS) is 12.4. The Balaban J connectivity index is 2.42. The molecule has 2 rings (SSSR count). The molecule has 1 aromatic carbocycles. The standard InChI is InChI=1S/C16H22N4O/c1-4-13(10(2)3)19-16(21)12-9-15(20-17)18-14-8-6-5-7-11(12)14/h5-10,13H,4,17H2,1-3H3,(H,18,20)(H,19,21). The number of aromatic nitrogens is 1. The maximum atomic E-state index is 12.6. The van der Waals surface area contributed by atoms with Crippen LogP contribution < -0.4 is 16.6 Å². The van der Waals surface area contributed by atoms with Gasteiger partial charge in [0.1, 0.15) is 5.82 Å². The zero-order valence-corrected chi connectivity index (χ0v) is 12.7. The summed E-state index contributed by atoms with van der Waals surface area (Å²) in [5, 5.41) is 3.92. The highest BCUT2D eigenvalue weighted by Gasteiger charge is 2.18. The van der Waals surface area contributed by atoms with Crippen molar-refractivity contribution in [3.05, 3.63) is 35.9 Å². The van der Waals surface area contributed by atoms with Crippen molar-refractivity contribution in [3.8, 4) is 0 Å². The average Bonchev–Trinajstić information content (AvgIpc) is 2.50. The van der Waals surface area contributed by atoms with Gasteiger partial charge < -0.3 is 10.7 Å². The molecule has 1 amide bonds. The topological polar surface area (TPSA) is 80.0 Å². The van der Waals surface area contributed by atoms with Crippen LogP contribution in [0.3, 0.4) is 0 Å². The van der Waals surface area contributed by atoms with Crippen LogP contribution in [0.15, 0.2) is 30.3 Å². The van der Waals surface area contributed by atoms with Crippen LogP contribution in [0, 0.1) is 5.92 Å². The number of carbonyl (C=O) groups is 1. The van der Waals surface area contributed by atoms with E-state index in [4.69, 9.17) is 5.84 Å². The van der Waals surface area contributed by atoms with Gasteiger partial charge in [-0.3, -0.25) is 4.79 Å². The van der Waals surface area contributed by atoms with E-state index >= 15 is 0 Å². The zero-order chi connectivity index (χ0) is 15.4. The third-order valence-electron chi connectivity index (χ3n) is 3.67. The lowest BCUT2D eigenvalue weighted by Gasteiger charge is -2.21. The molecule has 1 aromatic heterocycles. The first-order valence-electron chi connectivity index (χ1n) is 7.24. The number of para-hydroxylation sites is 1. The molecule has 0 aliphatic rings. The summed E-state index contributed by atoms with van der Waals surface area (Å²) in [6, 6.07) is 9.39. The van der Waals surface area contributed by atoms with Crippen molar-refractivity contribution >= 4 is 22.6 Å². The molecule has 5 heteroatoms. The van der Waals surface area contributed by atoms with Crippen molar-refractivity contribution in [2.45, 2.75) is 33.2 Å². The van der Waals surface area contributed by atoms with E-state index in [-0.39, 0.29) is 11.9 Å². The summed E-state index contributed by atoms with van der Waals surface area (Å²) in [5.74, 6) is 6.22. The van der Waals surface area contributed by atoms with Gasteiger partial charge >= 0.3 is 0 Å². The summed E-state index contributed by atoms with van der Waals surface area (Å²) in [5.41, 5.74) is 3.85. The Hall–Kier alpha value is -2.14. The summed E-state index contributed by atoms with van der Waals surface area (Å²) in [6.45, 7) is 6.28. The van der Waals surface area contributed by atoms with Gasteiger partial charge in [-0.15, -0.1) is 0 Å². The third kappa shape index (κ3) is 3.31. The average molecular weight is 286 g/mol. The molecule has 0 saturated heterocycles. The Kier molecular flexibility index (Phi) is 4.75. The first-order valence-corrected chi connectivity index (χ1v) is 7.24. The van der Waals surface area contributed by atoms with Crippen LogP contribution >= 0.6 is 0 Å². The highest BCUT2D eigenvalue weighted by Crippen LogP contribution is 2.21. The van der Waals surface area contributed by atoms with Gasteiger partial charge in [0.15, 0.2) is 0 Å². The largest absolute Gasteiger partial charge is 0.349 e. The number of nitrogens with zero attached hydrogens (tertiary/aromatic N) is 1. The molecule has 0 saturated carbocycles. The van der Waals surface area contributed by atoms with Gasteiger partial charge in [-0.05, 0) is 24.5 Å². The molecule has 0 aliphatic carbocycles. The summed E-state index contributed by atoms with van der Waals surface area (Å²) >= 11 is 0. The number of rotatable bonds is 5. The van der Waals surface area contributed by atoms with Gasteiger partial charge in [0.25, 0.3) is 5.91 Å². The number of amides is 1. The molecule has 1 heterocycles. The summed E-state index contributed by atoms with van der Waals surface area (Å²) < 4.78 is 0. The number of nitrogens with two attached hydrogens (primary N) is 1. The molecule has 0 aliphatic heterocycles. The van der Waals surface area contributed by atoms with E-state index in [1.807, 2.05) is 24.3 Å². The lowest BCUT2D eigenvalue weighted by molar-refractivity contribution is 0.0926. The number of carbonyl (C=O) groups excluding carboxylic acids is 1. The highest BCUT2D eigenvalue weighted by molar-refractivity contribution is 6.07. The number of hydrazine groups is 1. The quantitative estimate of drug-likeness (QED) is 0.583. The first kappa shape index (κ1) is 15.3. The number of nitrogens with one attached hydrogen (secondary N) is 2. The number of fused-ring (bicyclic) bond motifs is 1. The van der Waals surface area contributed by atoms with Crippen molar-refractivity contribution < 1.29 is 4.79 Å². The van der Waals surface area contributed by atoms with Crippen molar-refractivity contribution in [2.75, 3.05) is 5.43 Å². The molecule has 0 bridgehead atoms. The van der Waals surface area contributed by atoms with Gasteiger partial charge in [-0.1, -0.05) is 39.0 Å². The molecule has 1 unspecified atom stereocenters. The van der Waals surface area contributed by atoms with Gasteiger partial charge in [-0.2, -0.15) is 0 Å². The minimum absolute atomic E-state index is 0.0920. The fourth-order valence-electron chi connectivity index (χ4n) is 2.42. The van der Waals surface area contributed by atoms with Crippen LogP contribution in [0.2, 0.25) is 0 Å². The van der Waals surface area contributed by atoms with Crippen LogP contribution in [0.1, 0.15) is 37.6 Å². The highest BCUT2D eigenvalue weighted by atomic mass is 16.1. The van der Waals surface area contributed by atoms with E-state index in [0.717, 1.165) is 17.3 Å². The predicted octanol–water partition coefficient (Wildman–Crippen LogP) is 2.68. The third-order valence-corrected chi connectivity index (χ3v) is 3.67. The number of benzene rings is 1. The van der Waals surface area contributed by atoms with Crippen molar-refractivity contribution in [3.63, 3.8) is 0 Å². The van der Waals surface area contributed by atoms with Crippen molar-refractivity contribution in [1.82, 2.24) is 10.3 Å². The molecule has 21 heavy (non-hydrogen) atoms. The lowest BCUT2D eigenvalue weighted by Crippen LogP contribution is -2.38. The van der Waals surface area contributed by atoms with E-state index in [0.29, 0.717) is 17.3 Å². The number of anilines is 1. The van der Waals surface area contributed by atoms with E-state index in [1.165, 1.54) is 0 Å². The van der Waals surface area contributed by atoms with Gasteiger partial charge in [0.2, 0.25) is 0 Å². The smallest absolute Gasteiger partial charge is 0.252 e. The van der Waals surface area contributed by atoms with E-state index in [9.17, 15) is 4.79 Å². The summed E-state index contributed by atoms with van der Waals surface area (Å²) in [7, 11) is 0. The Morgan fingerprint density at radius 1 is 1.33 bits per heavy atom. The number of hydrogen-bond acceptors (Lipinski definition) is 4. The Morgan fingerprint density at radius 2 is 2.05 bits per heavy atom. The number of pyridine rings is 1. The SMILES string of the molecule is CCC(NC(=O)c1cc(NN)nc2ccccc12)C(C)C. The molecular formula is C16H22N4O. The molecule has 4 N–H and O–H groups in total. The van der Waals surface area contributed by atoms with Crippen LogP contribution in [0.4, 0.5) is 5.82 Å². The zero-order valence-electron chi connectivity index (χ0n) is 12.7. The van der Waals surface area contributed by atoms with E-state index < -0.39 is 0 Å². The monoisotopic (exact) mass is 286 g/mol. The van der Waals surface area contributed by atoms with E-state index in [2.05, 4.69) is 36.5 Å². The molecule has 0 radical (unpaired) electrons. The second-order valence-corrected chi connectivity index (χ2v) is 5.45. The molecular weight excluding hydrogens is 264 g/mol. The fraction of sp³-hybridized carbons (Fsp3) is 0.375. The Labute approximate surface area is 124 Å². The second-order valence-electron chi connectivity index (χ2n) is 5.45. The number of nitrogen functional groups attached to an aromatic ring is 1. The lowest BCUT2D eigenvalue weighted by atomic mass is 10.0. The fourth-order valence-corrected chi connectivity index (χ4v) is 2.42. The second kappa shape index (κ2) is 6.54. The van der Waals surface area contributed by atoms with Gasteiger partial charge in [-0.25, -0.2) is 10.8 Å². The Bertz CT molecular complexity index is 639. The number of hydrogen-bond donors (Lipinski definition) is 3. The molecule has 5 nitrogen and oxygen atoms in total. The molecule has 0 spiro atoms. The van der Waals surface area contributed by atoms with Crippen LogP contribution in [0.5, 0.6) is 0 Å². The molecule has 112 valence electrons. The minimum atomic E-state index is -0.0920. The molecule has 2 aromatic rings. The summed E-state index contributed by atoms with van der Waals surface area (Å²) in [4.78, 5) is 16.9. The van der Waals surface area contributed by atoms with Crippen LogP contribution in [0.25, 0.3) is 10.9 Å². The van der Waals surface area contributed by atoms with Gasteiger partial charge in [0.05, 0.1) is 11.1 Å². The maximum absolute atomic E-state index is 12.6. The van der Waals surface area contributed by atoms with Crippen molar-refractivity contribution in [1.29, 1.82) is 0 Å². The Morgan fingerprint density at radius 3 is 2.67 bits per heavy atom. The van der Waals surface area contributed by atoms with Crippen LogP contribution in [-0.2, 0) is 0 Å². The maximum Gasteiger partial charge on any atom is 0.252 e. The van der Waals surface area contributed by atoms with Crippen molar-refractivity contribution in [2.24, 2.45) is 11.8 Å².